The zero-order valence-electron chi connectivity index (χ0n) is 21.5. The molecule has 0 aliphatic rings. The van der Waals surface area contributed by atoms with Gasteiger partial charge in [-0.15, -0.1) is 11.3 Å². The Bertz CT molecular complexity index is 872. The highest BCUT2D eigenvalue weighted by Crippen LogP contribution is 2.27. The summed E-state index contributed by atoms with van der Waals surface area (Å²) in [5.41, 5.74) is -1.29. The van der Waals surface area contributed by atoms with Crippen LogP contribution in [0.15, 0.2) is 5.38 Å². The van der Waals surface area contributed by atoms with Crippen LogP contribution in [0.4, 0.5) is 9.59 Å². The fourth-order valence-electron chi connectivity index (χ4n) is 2.76. The molecule has 1 heterocycles. The number of hydrogen-bond donors (Lipinski definition) is 2. The van der Waals surface area contributed by atoms with Gasteiger partial charge in [-0.2, -0.15) is 0 Å². The van der Waals surface area contributed by atoms with Gasteiger partial charge in [0.25, 0.3) is 0 Å². The van der Waals surface area contributed by atoms with Crippen molar-refractivity contribution in [2.45, 2.75) is 71.6 Å². The summed E-state index contributed by atoms with van der Waals surface area (Å²) in [7, 11) is 5.08. The van der Waals surface area contributed by atoms with Crippen molar-refractivity contribution in [2.24, 2.45) is 0 Å². The van der Waals surface area contributed by atoms with E-state index >= 15 is 0 Å². The van der Waals surface area contributed by atoms with Crippen LogP contribution in [0.25, 0.3) is 0 Å². The summed E-state index contributed by atoms with van der Waals surface area (Å²) in [5.74, 6) is -0.940. The van der Waals surface area contributed by atoms with Crippen molar-refractivity contribution in [1.29, 1.82) is 5.41 Å². The lowest BCUT2D eigenvalue weighted by Crippen LogP contribution is -2.49. The van der Waals surface area contributed by atoms with E-state index in [1.54, 1.807) is 46.9 Å². The highest BCUT2D eigenvalue weighted by atomic mass is 32.1. The molecular weight excluding hydrogens is 462 g/mol. The molecule has 1 atom stereocenters. The predicted molar refractivity (Wildman–Crippen MR) is 129 cm³/mol. The Morgan fingerprint density at radius 3 is 2.21 bits per heavy atom. The molecule has 2 N–H and O–H groups in total. The minimum Gasteiger partial charge on any atom is -0.464 e. The number of nitrogens with zero attached hydrogens (tertiary/aromatic N) is 3. The van der Waals surface area contributed by atoms with Crippen molar-refractivity contribution >= 4 is 35.5 Å². The molecule has 0 fully saturated rings. The Labute approximate surface area is 205 Å². The molecular formula is C22H37N5O6S. The zero-order chi connectivity index (χ0) is 26.3. The van der Waals surface area contributed by atoms with Crippen LogP contribution in [-0.4, -0.2) is 77.9 Å². The summed E-state index contributed by atoms with van der Waals surface area (Å²) in [4.78, 5) is 44.0. The van der Waals surface area contributed by atoms with E-state index in [1.165, 1.54) is 18.4 Å². The Hall–Kier alpha value is -2.73. The second-order valence-corrected chi connectivity index (χ2v) is 10.7. The van der Waals surface area contributed by atoms with Gasteiger partial charge in [-0.05, 0) is 68.5 Å². The van der Waals surface area contributed by atoms with E-state index in [0.717, 1.165) is 9.91 Å². The number of carbonyl (C=O) groups excluding carboxylic acids is 3. The van der Waals surface area contributed by atoms with Gasteiger partial charge >= 0.3 is 18.2 Å². The zero-order valence-corrected chi connectivity index (χ0v) is 22.3. The number of esters is 1. The molecule has 34 heavy (non-hydrogen) atoms. The van der Waals surface area contributed by atoms with E-state index in [-0.39, 0.29) is 18.3 Å². The predicted octanol–water partition coefficient (Wildman–Crippen LogP) is 4.01. The summed E-state index contributed by atoms with van der Waals surface area (Å²) < 4.78 is 15.3. The molecule has 1 aromatic rings. The molecule has 0 aromatic carbocycles. The summed E-state index contributed by atoms with van der Waals surface area (Å²) >= 11 is 1.35. The Morgan fingerprint density at radius 2 is 1.71 bits per heavy atom. The minimum atomic E-state index is -0.838. The van der Waals surface area contributed by atoms with Gasteiger partial charge in [-0.1, -0.05) is 0 Å². The molecule has 0 radical (unpaired) electrons. The van der Waals surface area contributed by atoms with Crippen LogP contribution in [-0.2, 0) is 14.2 Å². The third-order valence-corrected chi connectivity index (χ3v) is 5.13. The first kappa shape index (κ1) is 29.3. The van der Waals surface area contributed by atoms with Crippen LogP contribution in [0.1, 0.15) is 75.9 Å². The Kier molecular flexibility index (Phi) is 10.4. The van der Waals surface area contributed by atoms with Crippen LogP contribution in [0.2, 0.25) is 0 Å². The van der Waals surface area contributed by atoms with Crippen LogP contribution < -0.4 is 5.32 Å². The Morgan fingerprint density at radius 1 is 1.12 bits per heavy atom. The molecule has 11 nitrogen and oxygen atoms in total. The number of methoxy groups -OCH3 is 1. The lowest BCUT2D eigenvalue weighted by atomic mass is 10.1. The van der Waals surface area contributed by atoms with Crippen LogP contribution in [0.5, 0.6) is 0 Å². The number of hydrogen-bond acceptors (Lipinski definition) is 10. The van der Waals surface area contributed by atoms with Crippen molar-refractivity contribution in [3.63, 3.8) is 0 Å². The number of ether oxygens (including phenoxy) is 3. The number of rotatable bonds is 7. The summed E-state index contributed by atoms with van der Waals surface area (Å²) in [5, 5.41) is 12.9. The molecule has 0 saturated carbocycles. The maximum Gasteiger partial charge on any atom is 0.417 e. The highest BCUT2D eigenvalue weighted by molar-refractivity contribution is 7.09. The number of aromatic nitrogens is 1. The van der Waals surface area contributed by atoms with E-state index in [9.17, 15) is 14.4 Å². The molecule has 0 bridgehead atoms. The van der Waals surface area contributed by atoms with E-state index in [4.69, 9.17) is 19.6 Å². The van der Waals surface area contributed by atoms with E-state index < -0.39 is 35.3 Å². The van der Waals surface area contributed by atoms with Crippen molar-refractivity contribution < 1.29 is 28.6 Å². The lowest BCUT2D eigenvalue weighted by molar-refractivity contribution is 0.0352. The van der Waals surface area contributed by atoms with Gasteiger partial charge in [0.05, 0.1) is 13.2 Å². The second-order valence-electron chi connectivity index (χ2n) is 9.79. The van der Waals surface area contributed by atoms with Crippen LogP contribution in [0.3, 0.4) is 0 Å². The fourth-order valence-corrected chi connectivity index (χ4v) is 3.78. The van der Waals surface area contributed by atoms with Gasteiger partial charge in [-0.3, -0.25) is 10.7 Å². The molecule has 0 spiro atoms. The molecule has 1 unspecified atom stereocenters. The van der Waals surface area contributed by atoms with E-state index in [0.29, 0.717) is 12.8 Å². The van der Waals surface area contributed by atoms with Crippen molar-refractivity contribution in [3.8, 4) is 0 Å². The monoisotopic (exact) mass is 499 g/mol. The van der Waals surface area contributed by atoms with Gasteiger partial charge in [0, 0.05) is 11.9 Å². The SMILES string of the molecule is COC(=O)c1csc(C(CCCN(C(=N)NC(=O)OC(C)(C)C)C(=O)OC(C)(C)C)N(C)C)n1. The summed E-state index contributed by atoms with van der Waals surface area (Å²) in [6.07, 6.45) is -0.555. The van der Waals surface area contributed by atoms with E-state index in [1.807, 2.05) is 19.0 Å². The number of amides is 2. The second kappa shape index (κ2) is 12.1. The molecule has 2 amide bonds. The molecule has 192 valence electrons. The van der Waals surface area contributed by atoms with Gasteiger partial charge < -0.3 is 19.1 Å². The smallest absolute Gasteiger partial charge is 0.417 e. The van der Waals surface area contributed by atoms with Crippen LogP contribution >= 0.6 is 11.3 Å². The molecule has 1 rings (SSSR count). The first-order chi connectivity index (χ1) is 15.5. The minimum absolute atomic E-state index is 0.114. The topological polar surface area (TPSA) is 134 Å². The average molecular weight is 500 g/mol. The largest absolute Gasteiger partial charge is 0.464 e. The molecule has 12 heteroatoms. The van der Waals surface area contributed by atoms with Gasteiger partial charge in [0.2, 0.25) is 5.96 Å². The number of thiazole rings is 1. The molecule has 0 aliphatic carbocycles. The Balaban J connectivity index is 2.93. The highest BCUT2D eigenvalue weighted by Gasteiger charge is 2.28. The molecule has 1 aromatic heterocycles. The van der Waals surface area contributed by atoms with Gasteiger partial charge in [-0.25, -0.2) is 24.3 Å². The summed E-state index contributed by atoms with van der Waals surface area (Å²) in [6, 6.07) is -0.128. The van der Waals surface area contributed by atoms with Crippen molar-refractivity contribution in [1.82, 2.24) is 20.1 Å². The van der Waals surface area contributed by atoms with Crippen molar-refractivity contribution in [2.75, 3.05) is 27.7 Å². The number of guanidine groups is 1. The number of carbonyl (C=O) groups is 3. The summed E-state index contributed by atoms with van der Waals surface area (Å²) in [6.45, 7) is 10.4. The third kappa shape index (κ3) is 10.0. The quantitative estimate of drug-likeness (QED) is 0.249. The molecule has 0 saturated heterocycles. The van der Waals surface area contributed by atoms with Gasteiger partial charge in [0.15, 0.2) is 5.69 Å². The number of alkyl carbamates (subject to hydrolysis) is 1. The number of nitrogens with one attached hydrogen (secondary N) is 2. The standard InChI is InChI=1S/C22H37N5O6S/c1-21(2,3)32-19(29)25-18(23)27(20(30)33-22(4,5)6)12-10-11-15(26(7)8)16-24-14(13-34-16)17(28)31-9/h13,15H,10-12H2,1-9H3,(H2,23,25,29). The van der Waals surface area contributed by atoms with Gasteiger partial charge in [0.1, 0.15) is 16.2 Å². The maximum atomic E-state index is 12.8. The third-order valence-electron chi connectivity index (χ3n) is 4.19. The lowest BCUT2D eigenvalue weighted by Gasteiger charge is -2.29. The molecule has 0 aliphatic heterocycles. The fraction of sp³-hybridized carbons (Fsp3) is 0.682. The maximum absolute atomic E-state index is 12.8. The first-order valence-corrected chi connectivity index (χ1v) is 11.7. The van der Waals surface area contributed by atoms with Crippen LogP contribution in [0, 0.1) is 5.41 Å². The first-order valence-electron chi connectivity index (χ1n) is 10.8. The average Bonchev–Trinajstić information content (AvgIpc) is 3.13. The van der Waals surface area contributed by atoms with Crippen molar-refractivity contribution in [3.05, 3.63) is 16.1 Å². The normalized spacial score (nSPS) is 12.6. The van der Waals surface area contributed by atoms with E-state index in [2.05, 4.69) is 10.3 Å².